The van der Waals surface area contributed by atoms with Crippen LogP contribution >= 0.6 is 0 Å². The average Bonchev–Trinajstić information content (AvgIpc) is 3.65. The van der Waals surface area contributed by atoms with Crippen LogP contribution in [0.5, 0.6) is 0 Å². The lowest BCUT2D eigenvalue weighted by molar-refractivity contribution is 0.00578. The molecule has 0 aliphatic carbocycles. The van der Waals surface area contributed by atoms with Gasteiger partial charge in [0.15, 0.2) is 0 Å². The molecule has 42 heavy (non-hydrogen) atoms. The molecule has 218 valence electrons. The molecule has 10 heteroatoms. The van der Waals surface area contributed by atoms with Gasteiger partial charge in [0.2, 0.25) is 0 Å². The van der Waals surface area contributed by atoms with Gasteiger partial charge in [0, 0.05) is 12.1 Å². The quantitative estimate of drug-likeness (QED) is 0.299. The van der Waals surface area contributed by atoms with Crippen molar-refractivity contribution in [1.82, 2.24) is 24.8 Å². The van der Waals surface area contributed by atoms with Gasteiger partial charge in [-0.25, -0.2) is 14.8 Å². The zero-order valence-electron chi connectivity index (χ0n) is 25.4. The fourth-order valence-corrected chi connectivity index (χ4v) is 5.36. The lowest BCUT2D eigenvalue weighted by Crippen LogP contribution is -2.41. The van der Waals surface area contributed by atoms with E-state index in [2.05, 4.69) is 9.97 Å². The van der Waals surface area contributed by atoms with Crippen molar-refractivity contribution in [2.45, 2.75) is 84.2 Å². The smallest absolute Gasteiger partial charge is 0.444 e. The summed E-state index contributed by atoms with van der Waals surface area (Å²) < 4.78 is 18.0. The van der Waals surface area contributed by atoms with Gasteiger partial charge in [0.25, 0.3) is 0 Å². The van der Waals surface area contributed by atoms with Gasteiger partial charge in [-0.1, -0.05) is 30.3 Å². The molecule has 1 unspecified atom stereocenters. The van der Waals surface area contributed by atoms with Gasteiger partial charge in [0.1, 0.15) is 11.4 Å². The van der Waals surface area contributed by atoms with E-state index in [9.17, 15) is 4.79 Å². The van der Waals surface area contributed by atoms with Crippen molar-refractivity contribution in [3.8, 4) is 22.5 Å². The standard InChI is InChI=1S/C32H38BN5O4/c1-30(2,3)40-29(39)38-16-8-9-27(38)28-35-19-26(37-28)21-12-10-20(11-13-21)25-18-34-24-17-22(14-15-23(24)36-25)33-41-31(4,5)32(6,7)42-33/h10-15,17-19,27H,8-9,16H2,1-7H3,(H,35,37). The van der Waals surface area contributed by atoms with Gasteiger partial charge in [-0.3, -0.25) is 9.88 Å². The number of nitrogens with zero attached hydrogens (tertiary/aromatic N) is 4. The summed E-state index contributed by atoms with van der Waals surface area (Å²) in [6.07, 6.45) is 5.09. The Morgan fingerprint density at radius 1 is 0.976 bits per heavy atom. The van der Waals surface area contributed by atoms with E-state index in [1.54, 1.807) is 11.1 Å². The summed E-state index contributed by atoms with van der Waals surface area (Å²) in [5, 5.41) is 0. The summed E-state index contributed by atoms with van der Waals surface area (Å²) in [7, 11) is -0.439. The second kappa shape index (κ2) is 10.2. The van der Waals surface area contributed by atoms with E-state index in [0.29, 0.717) is 6.54 Å². The van der Waals surface area contributed by atoms with Gasteiger partial charge in [-0.15, -0.1) is 0 Å². The fourth-order valence-electron chi connectivity index (χ4n) is 5.36. The average molecular weight is 567 g/mol. The molecular formula is C32H38BN5O4. The maximum absolute atomic E-state index is 12.7. The lowest BCUT2D eigenvalue weighted by atomic mass is 9.79. The predicted octanol–water partition coefficient (Wildman–Crippen LogP) is 6.06. The Hall–Kier alpha value is -3.76. The SMILES string of the molecule is CC(C)(C)OC(=O)N1CCCC1c1ncc(-c2ccc(-c3cnc4cc(B5OC(C)(C)C(C)(C)O5)ccc4n3)cc2)[nH]1. The Morgan fingerprint density at radius 3 is 2.36 bits per heavy atom. The molecule has 1 atom stereocenters. The number of rotatable bonds is 4. The van der Waals surface area contributed by atoms with Crippen molar-refractivity contribution in [3.05, 3.63) is 60.7 Å². The van der Waals surface area contributed by atoms with Crippen molar-refractivity contribution in [3.63, 3.8) is 0 Å². The highest BCUT2D eigenvalue weighted by molar-refractivity contribution is 6.62. The summed E-state index contributed by atoms with van der Waals surface area (Å²) >= 11 is 0. The molecule has 4 aromatic rings. The molecule has 1 N–H and O–H groups in total. The highest BCUT2D eigenvalue weighted by Crippen LogP contribution is 2.37. The van der Waals surface area contributed by atoms with E-state index in [0.717, 1.165) is 57.7 Å². The second-order valence-electron chi connectivity index (χ2n) is 13.2. The Kier molecular flexibility index (Phi) is 6.89. The Balaban J connectivity index is 1.17. The van der Waals surface area contributed by atoms with E-state index in [1.807, 2.05) is 97.1 Å². The minimum absolute atomic E-state index is 0.119. The Labute approximate surface area is 247 Å². The third-order valence-corrected chi connectivity index (χ3v) is 8.38. The minimum Gasteiger partial charge on any atom is -0.444 e. The number of imidazole rings is 1. The number of hydrogen-bond donors (Lipinski definition) is 1. The van der Waals surface area contributed by atoms with Gasteiger partial charge in [-0.05, 0) is 84.5 Å². The van der Waals surface area contributed by atoms with Crippen LogP contribution in [0.3, 0.4) is 0 Å². The molecule has 0 radical (unpaired) electrons. The number of carbonyl (C=O) groups excluding carboxylic acids is 1. The maximum atomic E-state index is 12.7. The van der Waals surface area contributed by atoms with Crippen LogP contribution in [0, 0.1) is 0 Å². The minimum atomic E-state index is -0.535. The van der Waals surface area contributed by atoms with Crippen molar-refractivity contribution in [2.24, 2.45) is 0 Å². The van der Waals surface area contributed by atoms with Crippen LogP contribution in [0.25, 0.3) is 33.5 Å². The molecule has 2 fully saturated rings. The third kappa shape index (κ3) is 5.41. The molecule has 4 heterocycles. The van der Waals surface area contributed by atoms with Crippen molar-refractivity contribution in [2.75, 3.05) is 6.54 Å². The molecule has 0 saturated carbocycles. The monoisotopic (exact) mass is 567 g/mol. The van der Waals surface area contributed by atoms with Gasteiger partial charge < -0.3 is 19.0 Å². The van der Waals surface area contributed by atoms with E-state index >= 15 is 0 Å². The number of H-pyrrole nitrogens is 1. The first kappa shape index (κ1) is 28.4. The number of hydrogen-bond acceptors (Lipinski definition) is 7. The Bertz CT molecular complexity index is 1610. The van der Waals surface area contributed by atoms with Gasteiger partial charge >= 0.3 is 13.2 Å². The number of likely N-dealkylation sites (tertiary alicyclic amines) is 1. The molecule has 2 aromatic carbocycles. The molecule has 0 bridgehead atoms. The maximum Gasteiger partial charge on any atom is 0.494 e. The normalized spacial score (nSPS) is 19.9. The van der Waals surface area contributed by atoms with E-state index < -0.39 is 23.9 Å². The first-order valence-corrected chi connectivity index (χ1v) is 14.6. The number of aromatic nitrogens is 4. The number of amides is 1. The number of nitrogens with one attached hydrogen (secondary N) is 1. The van der Waals surface area contributed by atoms with Gasteiger partial charge in [0.05, 0.1) is 52.1 Å². The summed E-state index contributed by atoms with van der Waals surface area (Å²) in [6, 6.07) is 14.0. The van der Waals surface area contributed by atoms with Crippen LogP contribution in [0.15, 0.2) is 54.9 Å². The highest BCUT2D eigenvalue weighted by atomic mass is 16.7. The number of carbonyl (C=O) groups is 1. The summed E-state index contributed by atoms with van der Waals surface area (Å²) in [5.74, 6) is 0.776. The molecule has 9 nitrogen and oxygen atoms in total. The predicted molar refractivity (Wildman–Crippen MR) is 163 cm³/mol. The van der Waals surface area contributed by atoms with E-state index in [-0.39, 0.29) is 12.1 Å². The number of aromatic amines is 1. The molecule has 2 aliphatic heterocycles. The Morgan fingerprint density at radius 2 is 1.67 bits per heavy atom. The third-order valence-electron chi connectivity index (χ3n) is 8.38. The number of fused-ring (bicyclic) bond motifs is 1. The summed E-state index contributed by atoms with van der Waals surface area (Å²) in [4.78, 5) is 32.1. The molecule has 6 rings (SSSR count). The number of ether oxygens (including phenoxy) is 1. The van der Waals surface area contributed by atoms with Crippen LogP contribution in [-0.2, 0) is 14.0 Å². The zero-order valence-corrected chi connectivity index (χ0v) is 25.4. The molecule has 1 amide bonds. The van der Waals surface area contributed by atoms with Crippen LogP contribution in [0.2, 0.25) is 0 Å². The van der Waals surface area contributed by atoms with Crippen LogP contribution in [0.4, 0.5) is 4.79 Å². The van der Waals surface area contributed by atoms with Crippen molar-refractivity contribution in [1.29, 1.82) is 0 Å². The van der Waals surface area contributed by atoms with E-state index in [4.69, 9.17) is 24.0 Å². The van der Waals surface area contributed by atoms with E-state index in [1.165, 1.54) is 0 Å². The first-order valence-electron chi connectivity index (χ1n) is 14.6. The largest absolute Gasteiger partial charge is 0.494 e. The number of benzene rings is 2. The highest BCUT2D eigenvalue weighted by Gasteiger charge is 2.51. The molecule has 2 aliphatic rings. The van der Waals surface area contributed by atoms with Crippen molar-refractivity contribution >= 4 is 29.7 Å². The molecule has 0 spiro atoms. The summed E-state index contributed by atoms with van der Waals surface area (Å²) in [5.41, 5.74) is 4.85. The molecular weight excluding hydrogens is 529 g/mol. The second-order valence-corrected chi connectivity index (χ2v) is 13.2. The fraction of sp³-hybridized carbons (Fsp3) is 0.438. The van der Waals surface area contributed by atoms with Crippen molar-refractivity contribution < 1.29 is 18.8 Å². The molecule has 2 aromatic heterocycles. The first-order chi connectivity index (χ1) is 19.8. The zero-order chi connectivity index (χ0) is 29.9. The van der Waals surface area contributed by atoms with Crippen LogP contribution in [0.1, 0.15) is 73.2 Å². The molecule has 2 saturated heterocycles. The summed E-state index contributed by atoms with van der Waals surface area (Å²) in [6.45, 7) is 14.5. The van der Waals surface area contributed by atoms with Gasteiger partial charge in [-0.2, -0.15) is 0 Å². The van der Waals surface area contributed by atoms with Crippen LogP contribution < -0.4 is 5.46 Å². The lowest BCUT2D eigenvalue weighted by Gasteiger charge is -2.32. The topological polar surface area (TPSA) is 102 Å². The van der Waals surface area contributed by atoms with Crippen LogP contribution in [-0.4, -0.2) is 61.4 Å².